The summed E-state index contributed by atoms with van der Waals surface area (Å²) in [5.74, 6) is 0.0565. The molecule has 0 atom stereocenters. The van der Waals surface area contributed by atoms with E-state index in [2.05, 4.69) is 38.8 Å². The molecule has 217 valence electrons. The van der Waals surface area contributed by atoms with E-state index in [1.165, 1.54) is 0 Å². The van der Waals surface area contributed by atoms with E-state index in [4.69, 9.17) is 10.8 Å². The molecule has 8 rings (SSSR count). The Bertz CT molecular complexity index is 2170. The van der Waals surface area contributed by atoms with E-state index in [0.29, 0.717) is 0 Å². The van der Waals surface area contributed by atoms with Gasteiger partial charge in [-0.15, -0.1) is 54.1 Å². The Morgan fingerprint density at radius 2 is 1.66 bits per heavy atom. The van der Waals surface area contributed by atoms with Crippen LogP contribution < -0.4 is 0 Å². The predicted octanol–water partition coefficient (Wildman–Crippen LogP) is 9.46. The topological polar surface area (TPSA) is 56.7 Å². The van der Waals surface area contributed by atoms with Gasteiger partial charge in [-0.25, -0.2) is 0 Å². The van der Waals surface area contributed by atoms with Gasteiger partial charge in [0, 0.05) is 44.9 Å². The molecule has 1 radical (unpaired) electrons. The summed E-state index contributed by atoms with van der Waals surface area (Å²) in [6.45, 7) is 3.76. The molecular weight excluding hydrogens is 721 g/mol. The molecule has 0 unspecified atom stereocenters. The first-order valence-corrected chi connectivity index (χ1v) is 14.1. The summed E-state index contributed by atoms with van der Waals surface area (Å²) in [6, 6.07) is 42.2. The number of nitrogens with zero attached hydrogens (tertiary/aromatic N) is 4. The van der Waals surface area contributed by atoms with Crippen LogP contribution in [0.2, 0.25) is 0 Å². The summed E-state index contributed by atoms with van der Waals surface area (Å²) >= 11 is 0. The van der Waals surface area contributed by atoms with Gasteiger partial charge in [-0.2, -0.15) is 0 Å². The van der Waals surface area contributed by atoms with E-state index >= 15 is 0 Å². The molecule has 5 nitrogen and oxygen atoms in total. The van der Waals surface area contributed by atoms with Crippen molar-refractivity contribution in [2.24, 2.45) is 0 Å². The van der Waals surface area contributed by atoms with E-state index in [1.807, 2.05) is 117 Å². The minimum atomic E-state index is -0.698. The van der Waals surface area contributed by atoms with Gasteiger partial charge in [-0.05, 0) is 47.5 Å². The zero-order chi connectivity index (χ0) is 30.1. The molecule has 6 heteroatoms. The predicted molar refractivity (Wildman–Crippen MR) is 173 cm³/mol. The molecule has 0 aliphatic carbocycles. The van der Waals surface area contributed by atoms with Crippen molar-refractivity contribution in [1.82, 2.24) is 19.5 Å². The number of fused-ring (bicyclic) bond motifs is 4. The van der Waals surface area contributed by atoms with Crippen molar-refractivity contribution in [2.45, 2.75) is 19.7 Å². The smallest absolute Gasteiger partial charge is 0.121 e. The summed E-state index contributed by atoms with van der Waals surface area (Å²) < 4.78 is 16.9. The Morgan fingerprint density at radius 1 is 0.818 bits per heavy atom. The van der Waals surface area contributed by atoms with Gasteiger partial charge in [0.25, 0.3) is 0 Å². The van der Waals surface area contributed by atoms with Crippen LogP contribution in [0.5, 0.6) is 0 Å². The number of furan rings is 1. The quantitative estimate of drug-likeness (QED) is 0.168. The second-order valence-corrected chi connectivity index (χ2v) is 10.4. The van der Waals surface area contributed by atoms with Gasteiger partial charge >= 0.3 is 0 Å². The number of pyridine rings is 2. The molecule has 4 aromatic heterocycles. The molecule has 0 N–H and O–H groups in total. The van der Waals surface area contributed by atoms with Crippen LogP contribution in [-0.4, -0.2) is 19.5 Å². The van der Waals surface area contributed by atoms with Crippen LogP contribution in [0.3, 0.4) is 0 Å². The number of imidazole rings is 1. The second-order valence-electron chi connectivity index (χ2n) is 10.4. The maximum atomic E-state index is 8.38. The number of rotatable bonds is 4. The molecule has 0 saturated heterocycles. The molecule has 0 aliphatic heterocycles. The van der Waals surface area contributed by atoms with E-state index < -0.39 is 5.89 Å². The van der Waals surface area contributed by atoms with Crippen LogP contribution in [0.25, 0.3) is 61.3 Å². The van der Waals surface area contributed by atoms with E-state index in [1.54, 1.807) is 12.4 Å². The van der Waals surface area contributed by atoms with Crippen molar-refractivity contribution in [3.05, 3.63) is 145 Å². The Labute approximate surface area is 271 Å². The summed E-state index contributed by atoms with van der Waals surface area (Å²) in [5.41, 5.74) is 8.01. The first kappa shape index (κ1) is 27.9. The van der Waals surface area contributed by atoms with Crippen LogP contribution in [0.15, 0.2) is 132 Å². The number of para-hydroxylation sites is 1. The Balaban J connectivity index is 0.000000231. The summed E-state index contributed by atoms with van der Waals surface area (Å²) in [7, 11) is 0. The van der Waals surface area contributed by atoms with E-state index in [-0.39, 0.29) is 20.1 Å². The third-order valence-electron chi connectivity index (χ3n) is 7.36. The first-order valence-electron chi connectivity index (χ1n) is 14.6. The van der Waals surface area contributed by atoms with Crippen LogP contribution in [0, 0.1) is 12.1 Å². The SMILES string of the molecule is [2H]C(C)(C)c1ccc2c(c1)oc1c(-c3nc4ccncc4n3-c3ccccc3)[c-]ccc12.[Ir].[c-]1ccccc1-c1ccccn1. The first-order chi connectivity index (χ1) is 21.5. The number of hydrogen-bond donors (Lipinski definition) is 0. The van der Waals surface area contributed by atoms with E-state index in [0.717, 1.165) is 66.9 Å². The number of aromatic nitrogens is 4. The maximum Gasteiger partial charge on any atom is 0.121 e. The van der Waals surface area contributed by atoms with Gasteiger partial charge in [0.05, 0.1) is 28.6 Å². The monoisotopic (exact) mass is 750 g/mol. The molecular formula is C38H28IrN4O-2. The Kier molecular flexibility index (Phi) is 8.09. The van der Waals surface area contributed by atoms with E-state index in [9.17, 15) is 0 Å². The summed E-state index contributed by atoms with van der Waals surface area (Å²) in [5, 5.41) is 2.03. The molecule has 0 amide bonds. The standard InChI is InChI=1S/C27H20N3O.C11H8N.Ir/c1-17(2)18-11-12-20-21-9-6-10-22(26(21)31-25(20)15-18)27-29-23-13-14-28-16-24(23)30(27)19-7-4-3-5-8-19;1-2-6-10(7-3-1)11-8-4-5-9-12-11;/h3-9,11-17H,1-2H3;1-6,8-9H;/q2*-1;/i17D;;. The van der Waals surface area contributed by atoms with Gasteiger partial charge in [0.1, 0.15) is 5.58 Å². The van der Waals surface area contributed by atoms with Gasteiger partial charge < -0.3 is 14.0 Å². The fraction of sp³-hybridized carbons (Fsp3) is 0.0789. The fourth-order valence-corrected chi connectivity index (χ4v) is 5.22. The average molecular weight is 750 g/mol. The molecule has 0 aliphatic rings. The minimum Gasteiger partial charge on any atom is -0.501 e. The van der Waals surface area contributed by atoms with Crippen molar-refractivity contribution in [2.75, 3.05) is 0 Å². The van der Waals surface area contributed by atoms with Crippen molar-refractivity contribution >= 4 is 33.0 Å². The zero-order valence-electron chi connectivity index (χ0n) is 25.2. The molecule has 0 fully saturated rings. The molecule has 0 spiro atoms. The third kappa shape index (κ3) is 5.58. The van der Waals surface area contributed by atoms with Crippen LogP contribution in [-0.2, 0) is 20.1 Å². The van der Waals surface area contributed by atoms with Crippen molar-refractivity contribution < 1.29 is 25.9 Å². The van der Waals surface area contributed by atoms with Crippen LogP contribution in [0.4, 0.5) is 0 Å². The number of benzene rings is 4. The largest absolute Gasteiger partial charge is 0.501 e. The van der Waals surface area contributed by atoms with Gasteiger partial charge in [0.2, 0.25) is 0 Å². The molecule has 4 heterocycles. The summed E-state index contributed by atoms with van der Waals surface area (Å²) in [6.07, 6.45) is 5.38. The molecule has 0 saturated carbocycles. The maximum absolute atomic E-state index is 8.38. The molecule has 4 aromatic carbocycles. The second kappa shape index (κ2) is 12.8. The third-order valence-corrected chi connectivity index (χ3v) is 7.36. The zero-order valence-corrected chi connectivity index (χ0v) is 26.5. The molecule has 8 aromatic rings. The average Bonchev–Trinajstić information content (AvgIpc) is 3.64. The number of hydrogen-bond acceptors (Lipinski definition) is 4. The Hall–Kier alpha value is -4.90. The molecule has 0 bridgehead atoms. The van der Waals surface area contributed by atoms with Gasteiger partial charge in [-0.1, -0.05) is 67.3 Å². The molecule has 44 heavy (non-hydrogen) atoms. The van der Waals surface area contributed by atoms with Gasteiger partial charge in [-0.3, -0.25) is 9.97 Å². The van der Waals surface area contributed by atoms with Crippen LogP contribution >= 0.6 is 0 Å². The minimum absolute atomic E-state index is 0. The fourth-order valence-electron chi connectivity index (χ4n) is 5.22. The van der Waals surface area contributed by atoms with Crippen LogP contribution in [0.1, 0.15) is 26.7 Å². The van der Waals surface area contributed by atoms with Crippen molar-refractivity contribution in [3.8, 4) is 28.3 Å². The van der Waals surface area contributed by atoms with Crippen molar-refractivity contribution in [1.29, 1.82) is 0 Å². The van der Waals surface area contributed by atoms with Crippen molar-refractivity contribution in [3.63, 3.8) is 0 Å². The van der Waals surface area contributed by atoms with Gasteiger partial charge in [0.15, 0.2) is 0 Å². The normalized spacial score (nSPS) is 11.5. The summed E-state index contributed by atoms with van der Waals surface area (Å²) in [4.78, 5) is 13.5. The Morgan fingerprint density at radius 3 is 2.43 bits per heavy atom.